The lowest BCUT2D eigenvalue weighted by Crippen LogP contribution is -2.54. The molecule has 83 heavy (non-hydrogen) atoms. The fraction of sp³-hybridized carbons (Fsp3) is 0.525. The van der Waals surface area contributed by atoms with Crippen molar-refractivity contribution in [3.8, 4) is 33.3 Å². The zero-order chi connectivity index (χ0) is 57.6. The van der Waals surface area contributed by atoms with Crippen molar-refractivity contribution in [1.82, 2.24) is 40.4 Å². The Morgan fingerprint density at radius 3 is 2.33 bits per heavy atom. The van der Waals surface area contributed by atoms with Crippen LogP contribution in [0.15, 0.2) is 76.9 Å². The lowest BCUT2D eigenvalue weighted by atomic mass is 9.91. The van der Waals surface area contributed by atoms with Crippen LogP contribution >= 0.6 is 11.3 Å². The van der Waals surface area contributed by atoms with Crippen LogP contribution in [0.4, 0.5) is 31.8 Å². The minimum Gasteiger partial charge on any atom is -0.507 e. The number of fused-ring (bicyclic) bond motifs is 2. The van der Waals surface area contributed by atoms with Crippen molar-refractivity contribution < 1.29 is 42.6 Å². The molecule has 440 valence electrons. The number of aromatic nitrogens is 5. The molecule has 5 N–H and O–H groups in total. The Labute approximate surface area is 486 Å². The molecule has 12 rings (SSSR count). The molecular weight excluding hydrogens is 1080 g/mol. The molecule has 1 aliphatic carbocycles. The third-order valence-corrected chi connectivity index (χ3v) is 19.0. The second-order valence-electron chi connectivity index (χ2n) is 24.0. The number of phenols is 1. The highest BCUT2D eigenvalue weighted by Crippen LogP contribution is 2.42. The Hall–Kier alpha value is -7.01. The number of nitrogens with one attached hydrogen (secondary N) is 1. The van der Waals surface area contributed by atoms with E-state index in [2.05, 4.69) is 62.4 Å². The molecule has 2 amide bonds. The van der Waals surface area contributed by atoms with Gasteiger partial charge in [-0.15, -0.1) is 21.5 Å². The van der Waals surface area contributed by atoms with Crippen LogP contribution in [0, 0.1) is 30.4 Å². The lowest BCUT2D eigenvalue weighted by molar-refractivity contribution is -0.141. The number of hydrogen-bond donors (Lipinski definition) is 4. The molecule has 2 unspecified atom stereocenters. The molecule has 2 aromatic carbocycles. The molecule has 2 bridgehead atoms. The number of para-hydroxylation sites is 1. The number of aromatic hydroxyl groups is 1. The summed E-state index contributed by atoms with van der Waals surface area (Å²) >= 11 is 1.22. The summed E-state index contributed by atoms with van der Waals surface area (Å²) < 4.78 is 49.8. The first-order chi connectivity index (χ1) is 40.1. The maximum Gasteiger partial charge on any atom is 0.243 e. The Morgan fingerprint density at radius 2 is 1.60 bits per heavy atom. The molecule has 5 saturated heterocycles. The van der Waals surface area contributed by atoms with Crippen molar-refractivity contribution in [2.45, 2.75) is 140 Å². The SMILES string of the molecule is Cc1ncsc1-c1cc(F)c([C@H](C)NC(=O)[C@@H]2C[C@@H](O)CN2C(=O)[C@H](c2cc(N3CCC(CN4CCC(OC5CC(Oc6cc(N7C8CCC7CN(c7cc(-c9ccccc9O)nnc7N)C8)ccn6)C5)CC4)CC3)no2)C(C)C)cc1F. The highest BCUT2D eigenvalue weighted by atomic mass is 32.1. The first-order valence-electron chi connectivity index (χ1n) is 29.5. The molecule has 0 radical (unpaired) electrons. The number of phenolic OH excluding ortho intramolecular Hbond substituents is 1. The van der Waals surface area contributed by atoms with Crippen molar-refractivity contribution >= 4 is 46.2 Å². The van der Waals surface area contributed by atoms with E-state index in [1.54, 1.807) is 31.5 Å². The molecule has 9 heterocycles. The predicted octanol–water partition coefficient (Wildman–Crippen LogP) is 8.27. The number of halogens is 2. The van der Waals surface area contributed by atoms with E-state index in [0.717, 1.165) is 121 Å². The van der Waals surface area contributed by atoms with Gasteiger partial charge in [0.25, 0.3) is 0 Å². The number of anilines is 4. The topological polar surface area (TPSA) is 225 Å². The lowest BCUT2D eigenvalue weighted by Gasteiger charge is -2.43. The van der Waals surface area contributed by atoms with Crippen molar-refractivity contribution in [3.05, 3.63) is 101 Å². The zero-order valence-corrected chi connectivity index (χ0v) is 48.3. The van der Waals surface area contributed by atoms with Gasteiger partial charge in [-0.3, -0.25) is 9.59 Å². The van der Waals surface area contributed by atoms with Gasteiger partial charge in [0.1, 0.15) is 35.4 Å². The van der Waals surface area contributed by atoms with E-state index in [-0.39, 0.29) is 72.1 Å². The first kappa shape index (κ1) is 56.5. The van der Waals surface area contributed by atoms with E-state index in [0.29, 0.717) is 51.0 Å². The maximum absolute atomic E-state index is 15.5. The number of nitrogen functional groups attached to an aromatic ring is 1. The number of piperidine rings is 2. The normalized spacial score (nSPS) is 24.1. The molecule has 6 aromatic rings. The Balaban J connectivity index is 0.569. The number of pyridine rings is 1. The van der Waals surface area contributed by atoms with Crippen LogP contribution in [0.3, 0.4) is 0 Å². The van der Waals surface area contributed by atoms with E-state index in [1.807, 2.05) is 44.3 Å². The van der Waals surface area contributed by atoms with Crippen LogP contribution in [0.1, 0.15) is 108 Å². The minimum absolute atomic E-state index is 0.00403. The number of nitrogens with zero attached hydrogens (tertiary/aromatic N) is 10. The van der Waals surface area contributed by atoms with E-state index >= 15 is 8.78 Å². The van der Waals surface area contributed by atoms with Gasteiger partial charge in [-0.1, -0.05) is 31.1 Å². The fourth-order valence-corrected chi connectivity index (χ4v) is 14.4. The van der Waals surface area contributed by atoms with E-state index in [1.165, 1.54) is 16.2 Å². The fourth-order valence-electron chi connectivity index (χ4n) is 13.5. The molecule has 1 saturated carbocycles. The molecule has 19 nitrogen and oxygen atoms in total. The van der Waals surface area contributed by atoms with Crippen molar-refractivity contribution in [2.75, 3.05) is 72.8 Å². The van der Waals surface area contributed by atoms with E-state index in [9.17, 15) is 19.8 Å². The van der Waals surface area contributed by atoms with Gasteiger partial charge in [-0.2, -0.15) is 0 Å². The summed E-state index contributed by atoms with van der Waals surface area (Å²) in [6.45, 7) is 13.3. The predicted molar refractivity (Wildman–Crippen MR) is 311 cm³/mol. The Kier molecular flexibility index (Phi) is 16.3. The number of carbonyl (C=O) groups is 2. The van der Waals surface area contributed by atoms with Gasteiger partial charge in [0.05, 0.1) is 51.8 Å². The van der Waals surface area contributed by atoms with Gasteiger partial charge in [0.2, 0.25) is 17.7 Å². The van der Waals surface area contributed by atoms with Crippen LogP contribution in [0.2, 0.25) is 0 Å². The number of β-amino-alcohol motifs (C(OH)–C–C–N with tert-alkyl or cyclic N) is 1. The van der Waals surface area contributed by atoms with Crippen molar-refractivity contribution in [1.29, 1.82) is 0 Å². The number of aryl methyl sites for hydroxylation is 1. The summed E-state index contributed by atoms with van der Waals surface area (Å²) in [6.07, 6.45) is 9.25. The quantitative estimate of drug-likeness (QED) is 0.0674. The van der Waals surface area contributed by atoms with Crippen molar-refractivity contribution in [3.63, 3.8) is 0 Å². The molecule has 6 fully saturated rings. The van der Waals surface area contributed by atoms with Crippen LogP contribution in [-0.4, -0.2) is 152 Å². The van der Waals surface area contributed by atoms with Crippen LogP contribution < -0.4 is 30.5 Å². The van der Waals surface area contributed by atoms with Crippen molar-refractivity contribution in [2.24, 2.45) is 11.8 Å². The molecule has 5 aliphatic heterocycles. The van der Waals surface area contributed by atoms with Gasteiger partial charge >= 0.3 is 0 Å². The average molecular weight is 1160 g/mol. The number of piperazine rings is 1. The van der Waals surface area contributed by atoms with Crippen LogP contribution in [0.25, 0.3) is 21.7 Å². The van der Waals surface area contributed by atoms with Gasteiger partial charge in [0, 0.05) is 124 Å². The number of nitrogens with two attached hydrogens (primary N) is 1. The molecular formula is C61H74F2N12O7S. The highest BCUT2D eigenvalue weighted by molar-refractivity contribution is 7.13. The summed E-state index contributed by atoms with van der Waals surface area (Å²) in [5.74, 6) is -0.446. The summed E-state index contributed by atoms with van der Waals surface area (Å²) in [6, 6.07) is 15.9. The third kappa shape index (κ3) is 11.9. The van der Waals surface area contributed by atoms with Gasteiger partial charge in [0.15, 0.2) is 17.4 Å². The molecule has 4 aromatic heterocycles. The number of amides is 2. The van der Waals surface area contributed by atoms with Gasteiger partial charge in [-0.05, 0) is 101 Å². The number of rotatable bonds is 17. The molecule has 6 aliphatic rings. The Morgan fingerprint density at radius 1 is 0.843 bits per heavy atom. The number of carbonyl (C=O) groups excluding carboxylic acids is 2. The summed E-state index contributed by atoms with van der Waals surface area (Å²) in [7, 11) is 0. The third-order valence-electron chi connectivity index (χ3n) is 18.1. The molecule has 0 spiro atoms. The number of ether oxygens (including phenoxy) is 2. The van der Waals surface area contributed by atoms with E-state index < -0.39 is 41.6 Å². The zero-order valence-electron chi connectivity index (χ0n) is 47.4. The van der Waals surface area contributed by atoms with Crippen LogP contribution in [-0.2, 0) is 14.3 Å². The average Bonchev–Trinajstić information content (AvgIpc) is 4.36. The number of aliphatic hydroxyl groups is 1. The minimum atomic E-state index is -1.02. The summed E-state index contributed by atoms with van der Waals surface area (Å²) in [5, 5.41) is 37.0. The van der Waals surface area contributed by atoms with Gasteiger partial charge in [-0.25, -0.2) is 18.7 Å². The summed E-state index contributed by atoms with van der Waals surface area (Å²) in [5.41, 5.74) is 11.8. The monoisotopic (exact) mass is 1160 g/mol. The number of hydrogen-bond acceptors (Lipinski definition) is 18. The first-order valence-corrected chi connectivity index (χ1v) is 30.3. The standard InChI is InChI=1S/C61H74F2N12O7S/c1-34(2)57(61(79)74-32-41(76)22-52(74)60(78)67-35(3)46-25-49(63)47(26-48(46)62)58-36(4)66-33-83-58)54-28-55(70-82-54)72-19-12-37(13-20-72)29-71-17-14-42(15-18-71)80-43-23-44(24-43)81-56-21-38(11-16-65-56)75-39-9-10-40(75)31-73(30-39)51-27-50(68-69-59(51)64)45-7-5-6-8-53(45)77/h5-8,11,16,21,25-28,33-35,37,39-44,52,57,76-77H,9-10,12-15,17-20,22-24,29-32H2,1-4H3,(H2,64,69)(H,67,78)/t35-,39?,40?,41+,43?,44?,52-,57-/m0/s1. The van der Waals surface area contributed by atoms with E-state index in [4.69, 9.17) is 19.7 Å². The van der Waals surface area contributed by atoms with Crippen LogP contribution in [0.5, 0.6) is 11.6 Å². The Bertz CT molecular complexity index is 3280. The maximum atomic E-state index is 15.5. The largest absolute Gasteiger partial charge is 0.507 e. The highest BCUT2D eigenvalue weighted by Gasteiger charge is 2.45. The van der Waals surface area contributed by atoms with Gasteiger partial charge < -0.3 is 59.8 Å². The summed E-state index contributed by atoms with van der Waals surface area (Å²) in [4.78, 5) is 48.5. The molecule has 6 atom stereocenters. The number of likely N-dealkylation sites (tertiary alicyclic amines) is 2. The number of benzene rings is 2. The second-order valence-corrected chi connectivity index (χ2v) is 24.9. The second kappa shape index (κ2) is 23.9. The number of thiazole rings is 1. The smallest absolute Gasteiger partial charge is 0.243 e. The molecule has 22 heteroatoms. The number of aliphatic hydroxyl groups excluding tert-OH is 1.